The molecule has 0 spiro atoms. The van der Waals surface area contributed by atoms with Crippen molar-refractivity contribution < 1.29 is 39.3 Å². The maximum absolute atomic E-state index is 12.7. The van der Waals surface area contributed by atoms with Gasteiger partial charge in [0.05, 0.1) is 12.5 Å². The van der Waals surface area contributed by atoms with Gasteiger partial charge >= 0.3 is 11.9 Å². The summed E-state index contributed by atoms with van der Waals surface area (Å²) in [5.41, 5.74) is 5.67. The van der Waals surface area contributed by atoms with Gasteiger partial charge in [-0.25, -0.2) is 4.79 Å². The molecule has 176 valence electrons. The summed E-state index contributed by atoms with van der Waals surface area (Å²) in [4.78, 5) is 61.5. The van der Waals surface area contributed by atoms with Crippen molar-refractivity contribution in [2.45, 2.75) is 76.7 Å². The Hall–Kier alpha value is -2.73. The summed E-state index contributed by atoms with van der Waals surface area (Å²) in [6.45, 7) is 5.10. The van der Waals surface area contributed by atoms with Crippen LogP contribution in [0.15, 0.2) is 0 Å². The summed E-state index contributed by atoms with van der Waals surface area (Å²) < 4.78 is 0. The predicted molar refractivity (Wildman–Crippen MR) is 108 cm³/mol. The maximum atomic E-state index is 12.7. The monoisotopic (exact) mass is 444 g/mol. The number of hydrogen-bond donors (Lipinski definition) is 6. The Labute approximate surface area is 180 Å². The molecular weight excluding hydrogens is 412 g/mol. The Balaban J connectivity index is 2.94. The van der Waals surface area contributed by atoms with Crippen molar-refractivity contribution >= 4 is 29.7 Å². The standard InChI is InChI=1S/C19H32N4O8/c1-9(2)7-12(19(30)31)22-16(27)11(8-14(25)26)21-17(28)13-5-4-6-23(13)18(29)15(20)10(3)24/h9-13,15,24H,4-8,20H2,1-3H3,(H,21,28)(H,22,27)(H,25,26)(H,30,31). The zero-order valence-electron chi connectivity index (χ0n) is 17.9. The molecule has 0 aromatic rings. The van der Waals surface area contributed by atoms with Crippen LogP contribution in [-0.2, 0) is 24.0 Å². The normalized spacial score (nSPS) is 19.9. The second-order valence-corrected chi connectivity index (χ2v) is 8.14. The zero-order chi connectivity index (χ0) is 23.9. The highest BCUT2D eigenvalue weighted by molar-refractivity contribution is 5.95. The minimum absolute atomic E-state index is 0.0508. The van der Waals surface area contributed by atoms with Gasteiger partial charge < -0.3 is 36.6 Å². The molecule has 31 heavy (non-hydrogen) atoms. The highest BCUT2D eigenvalue weighted by Gasteiger charge is 2.39. The molecule has 7 N–H and O–H groups in total. The largest absolute Gasteiger partial charge is 0.481 e. The number of hydrogen-bond acceptors (Lipinski definition) is 7. The molecule has 0 aliphatic carbocycles. The summed E-state index contributed by atoms with van der Waals surface area (Å²) in [6.07, 6.45) is -1.01. The number of carbonyl (C=O) groups is 5. The first kappa shape index (κ1) is 26.3. The van der Waals surface area contributed by atoms with Gasteiger partial charge in [-0.3, -0.25) is 19.2 Å². The van der Waals surface area contributed by atoms with Gasteiger partial charge in [0.2, 0.25) is 17.7 Å². The molecule has 1 aliphatic rings. The van der Waals surface area contributed by atoms with Gasteiger partial charge in [-0.05, 0) is 32.1 Å². The van der Waals surface area contributed by atoms with E-state index in [0.29, 0.717) is 6.42 Å². The Morgan fingerprint density at radius 1 is 1.06 bits per heavy atom. The smallest absolute Gasteiger partial charge is 0.326 e. The number of aliphatic hydroxyl groups excluding tert-OH is 1. The van der Waals surface area contributed by atoms with Crippen LogP contribution < -0.4 is 16.4 Å². The van der Waals surface area contributed by atoms with Crippen LogP contribution in [-0.4, -0.2) is 86.7 Å². The average molecular weight is 444 g/mol. The van der Waals surface area contributed by atoms with E-state index in [9.17, 15) is 34.2 Å². The lowest BCUT2D eigenvalue weighted by atomic mass is 10.0. The number of nitrogens with one attached hydrogen (secondary N) is 2. The van der Waals surface area contributed by atoms with Crippen molar-refractivity contribution in [3.05, 3.63) is 0 Å². The molecule has 1 rings (SSSR count). The van der Waals surface area contributed by atoms with E-state index < -0.39 is 66.4 Å². The van der Waals surface area contributed by atoms with Crippen LogP contribution in [0.4, 0.5) is 0 Å². The number of aliphatic hydroxyl groups is 1. The molecule has 5 unspecified atom stereocenters. The molecule has 0 aromatic heterocycles. The third kappa shape index (κ3) is 7.79. The Morgan fingerprint density at radius 2 is 1.68 bits per heavy atom. The minimum Gasteiger partial charge on any atom is -0.481 e. The first-order valence-corrected chi connectivity index (χ1v) is 10.1. The van der Waals surface area contributed by atoms with Gasteiger partial charge in [0, 0.05) is 6.54 Å². The van der Waals surface area contributed by atoms with Gasteiger partial charge in [0.25, 0.3) is 0 Å². The summed E-state index contributed by atoms with van der Waals surface area (Å²) in [5.74, 6) is -5.02. The fourth-order valence-electron chi connectivity index (χ4n) is 3.32. The van der Waals surface area contributed by atoms with E-state index >= 15 is 0 Å². The predicted octanol–water partition coefficient (Wildman–Crippen LogP) is -1.74. The number of carboxylic acids is 2. The third-order valence-electron chi connectivity index (χ3n) is 4.98. The third-order valence-corrected chi connectivity index (χ3v) is 4.98. The molecule has 0 radical (unpaired) electrons. The summed E-state index contributed by atoms with van der Waals surface area (Å²) in [5, 5.41) is 32.5. The topological polar surface area (TPSA) is 199 Å². The zero-order valence-corrected chi connectivity index (χ0v) is 17.9. The molecule has 0 aromatic carbocycles. The maximum Gasteiger partial charge on any atom is 0.326 e. The van der Waals surface area contributed by atoms with E-state index in [4.69, 9.17) is 10.8 Å². The lowest BCUT2D eigenvalue weighted by Gasteiger charge is -2.29. The number of aliphatic carboxylic acids is 2. The number of likely N-dealkylation sites (tertiary alicyclic amines) is 1. The molecule has 1 heterocycles. The molecule has 1 saturated heterocycles. The molecule has 1 fully saturated rings. The van der Waals surface area contributed by atoms with Crippen LogP contribution >= 0.6 is 0 Å². The van der Waals surface area contributed by atoms with Gasteiger partial charge in [0.1, 0.15) is 24.2 Å². The van der Waals surface area contributed by atoms with E-state index in [-0.39, 0.29) is 25.3 Å². The summed E-state index contributed by atoms with van der Waals surface area (Å²) >= 11 is 0. The van der Waals surface area contributed by atoms with Crippen LogP contribution in [0.1, 0.15) is 46.5 Å². The van der Waals surface area contributed by atoms with Crippen LogP contribution in [0.2, 0.25) is 0 Å². The number of rotatable bonds is 11. The number of nitrogens with two attached hydrogens (primary N) is 1. The van der Waals surface area contributed by atoms with Crippen molar-refractivity contribution in [2.24, 2.45) is 11.7 Å². The Kier molecular flexibility index (Phi) is 9.85. The van der Waals surface area contributed by atoms with E-state index in [2.05, 4.69) is 10.6 Å². The van der Waals surface area contributed by atoms with Crippen LogP contribution in [0, 0.1) is 5.92 Å². The highest BCUT2D eigenvalue weighted by Crippen LogP contribution is 2.19. The molecule has 12 nitrogen and oxygen atoms in total. The first-order chi connectivity index (χ1) is 14.3. The van der Waals surface area contributed by atoms with E-state index in [1.807, 2.05) is 0 Å². The average Bonchev–Trinajstić information content (AvgIpc) is 3.14. The fourth-order valence-corrected chi connectivity index (χ4v) is 3.32. The van der Waals surface area contributed by atoms with E-state index in [1.54, 1.807) is 13.8 Å². The Bertz CT molecular complexity index is 696. The van der Waals surface area contributed by atoms with Crippen molar-refractivity contribution in [3.63, 3.8) is 0 Å². The van der Waals surface area contributed by atoms with Gasteiger partial charge in [0.15, 0.2) is 0 Å². The van der Waals surface area contributed by atoms with Gasteiger partial charge in [-0.2, -0.15) is 0 Å². The van der Waals surface area contributed by atoms with Crippen LogP contribution in [0.3, 0.4) is 0 Å². The summed E-state index contributed by atoms with van der Waals surface area (Å²) in [6, 6.07) is -4.97. The van der Waals surface area contributed by atoms with Crippen LogP contribution in [0.5, 0.6) is 0 Å². The number of carbonyl (C=O) groups excluding carboxylic acids is 3. The second kappa shape index (κ2) is 11.6. The van der Waals surface area contributed by atoms with E-state index in [0.717, 1.165) is 0 Å². The lowest BCUT2D eigenvalue weighted by molar-refractivity contribution is -0.145. The molecule has 1 aliphatic heterocycles. The molecule has 5 atom stereocenters. The summed E-state index contributed by atoms with van der Waals surface area (Å²) in [7, 11) is 0. The van der Waals surface area contributed by atoms with Crippen molar-refractivity contribution in [2.75, 3.05) is 6.54 Å². The Morgan fingerprint density at radius 3 is 2.16 bits per heavy atom. The quantitative estimate of drug-likeness (QED) is 0.214. The van der Waals surface area contributed by atoms with Crippen molar-refractivity contribution in [1.82, 2.24) is 15.5 Å². The molecule has 0 saturated carbocycles. The molecule has 0 bridgehead atoms. The van der Waals surface area contributed by atoms with Crippen molar-refractivity contribution in [1.29, 1.82) is 0 Å². The van der Waals surface area contributed by atoms with Crippen molar-refractivity contribution in [3.8, 4) is 0 Å². The highest BCUT2D eigenvalue weighted by atomic mass is 16.4. The number of nitrogens with zero attached hydrogens (tertiary/aromatic N) is 1. The number of carboxylic acid groups (broad SMARTS) is 2. The van der Waals surface area contributed by atoms with Gasteiger partial charge in [-0.1, -0.05) is 13.8 Å². The first-order valence-electron chi connectivity index (χ1n) is 10.1. The minimum atomic E-state index is -1.53. The van der Waals surface area contributed by atoms with Crippen LogP contribution in [0.25, 0.3) is 0 Å². The molecule has 12 heteroatoms. The lowest BCUT2D eigenvalue weighted by Crippen LogP contribution is -2.58. The number of amides is 3. The van der Waals surface area contributed by atoms with E-state index in [1.165, 1.54) is 11.8 Å². The SMILES string of the molecule is CC(C)CC(NC(=O)C(CC(=O)O)NC(=O)C1CCCN1C(=O)C(N)C(C)O)C(=O)O. The molecular formula is C19H32N4O8. The molecule has 3 amide bonds. The van der Waals surface area contributed by atoms with Gasteiger partial charge in [-0.15, -0.1) is 0 Å². The fraction of sp³-hybridized carbons (Fsp3) is 0.737. The second-order valence-electron chi connectivity index (χ2n) is 8.14.